The molecule has 0 unspecified atom stereocenters. The van der Waals surface area contributed by atoms with Gasteiger partial charge in [-0.25, -0.2) is 15.1 Å². The van der Waals surface area contributed by atoms with E-state index < -0.39 is 5.91 Å². The molecule has 3 aromatic heterocycles. The summed E-state index contributed by atoms with van der Waals surface area (Å²) in [6.07, 6.45) is 3.25. The zero-order chi connectivity index (χ0) is 29.1. The molecule has 0 aliphatic rings. The third-order valence-corrected chi connectivity index (χ3v) is 6.69. The molecule has 3 heterocycles. The highest BCUT2D eigenvalue weighted by Crippen LogP contribution is 2.31. The summed E-state index contributed by atoms with van der Waals surface area (Å²) >= 11 is 0. The Kier molecular flexibility index (Phi) is 7.01. The number of nitrogens with one attached hydrogen (secondary N) is 2. The fourth-order valence-electron chi connectivity index (χ4n) is 4.59. The van der Waals surface area contributed by atoms with E-state index in [1.165, 1.54) is 6.08 Å². The van der Waals surface area contributed by atoms with Gasteiger partial charge < -0.3 is 9.40 Å². The van der Waals surface area contributed by atoms with E-state index in [2.05, 4.69) is 20.5 Å². The second-order valence-corrected chi connectivity index (χ2v) is 9.59. The molecule has 9 nitrogen and oxygen atoms in total. The number of para-hydroxylation sites is 2. The summed E-state index contributed by atoms with van der Waals surface area (Å²) in [6.45, 7) is 3.64. The summed E-state index contributed by atoms with van der Waals surface area (Å²) in [5, 5.41) is 19.8. The predicted molar refractivity (Wildman–Crippen MR) is 161 cm³/mol. The van der Waals surface area contributed by atoms with Gasteiger partial charge in [-0.05, 0) is 44.2 Å². The van der Waals surface area contributed by atoms with Gasteiger partial charge in [0.1, 0.15) is 34.4 Å². The molecule has 1 amide bonds. The number of nitrogens with zero attached hydrogens (tertiary/aromatic N) is 5. The maximum absolute atomic E-state index is 13.1. The molecule has 0 atom stereocenters. The molecule has 3 aromatic carbocycles. The number of nitriles is 1. The van der Waals surface area contributed by atoms with Crippen LogP contribution < -0.4 is 5.43 Å². The van der Waals surface area contributed by atoms with Crippen molar-refractivity contribution in [3.05, 3.63) is 120 Å². The van der Waals surface area contributed by atoms with E-state index in [0.29, 0.717) is 39.8 Å². The van der Waals surface area contributed by atoms with Crippen LogP contribution in [0, 0.1) is 18.3 Å². The van der Waals surface area contributed by atoms with Crippen molar-refractivity contribution in [1.82, 2.24) is 25.2 Å². The van der Waals surface area contributed by atoms with Crippen LogP contribution in [0.15, 0.2) is 112 Å². The minimum absolute atomic E-state index is 0.139. The van der Waals surface area contributed by atoms with Crippen LogP contribution in [0.2, 0.25) is 0 Å². The highest BCUT2D eigenvalue weighted by molar-refractivity contribution is 6.04. The average Bonchev–Trinajstić information content (AvgIpc) is 3.76. The lowest BCUT2D eigenvalue weighted by atomic mass is 10.1. The highest BCUT2D eigenvalue weighted by atomic mass is 16.3. The number of benzene rings is 3. The highest BCUT2D eigenvalue weighted by Gasteiger charge is 2.18. The monoisotopic (exact) mass is 551 g/mol. The Morgan fingerprint density at radius 3 is 2.50 bits per heavy atom. The number of hydrogen-bond acceptors (Lipinski definition) is 6. The molecule has 0 radical (unpaired) electrons. The Morgan fingerprint density at radius 1 is 1.05 bits per heavy atom. The van der Waals surface area contributed by atoms with Crippen LogP contribution in [0.3, 0.4) is 0 Å². The number of amides is 1. The molecule has 204 valence electrons. The number of carbonyl (C=O) groups excluding carboxylic acids is 1. The van der Waals surface area contributed by atoms with Crippen molar-refractivity contribution in [2.75, 3.05) is 0 Å². The Balaban J connectivity index is 1.31. The summed E-state index contributed by atoms with van der Waals surface area (Å²) in [7, 11) is 0. The first kappa shape index (κ1) is 26.2. The summed E-state index contributed by atoms with van der Waals surface area (Å²) < 4.78 is 7.76. The van der Waals surface area contributed by atoms with E-state index in [0.717, 1.165) is 22.3 Å². The van der Waals surface area contributed by atoms with E-state index >= 15 is 0 Å². The van der Waals surface area contributed by atoms with Gasteiger partial charge in [0.05, 0.1) is 11.4 Å². The summed E-state index contributed by atoms with van der Waals surface area (Å²) in [6, 6.07) is 30.8. The number of hydrazone groups is 1. The minimum Gasteiger partial charge on any atom is -0.454 e. The number of aryl methyl sites for hydroxylation is 1. The molecular formula is C33H25N7O2. The lowest BCUT2D eigenvalue weighted by molar-refractivity contribution is -0.117. The van der Waals surface area contributed by atoms with E-state index in [1.54, 1.807) is 17.8 Å². The van der Waals surface area contributed by atoms with Gasteiger partial charge in [0.2, 0.25) is 0 Å². The number of rotatable bonds is 7. The molecule has 0 aliphatic carbocycles. The number of carbonyl (C=O) groups is 1. The van der Waals surface area contributed by atoms with Gasteiger partial charge in [0.25, 0.3) is 5.91 Å². The number of fused-ring (bicyclic) bond motifs is 1. The second kappa shape index (κ2) is 11.2. The number of hydrogen-bond donors (Lipinski definition) is 2. The molecule has 0 saturated heterocycles. The number of furan rings is 1. The lowest BCUT2D eigenvalue weighted by Gasteiger charge is -2.01. The Hall–Kier alpha value is -6.01. The lowest BCUT2D eigenvalue weighted by Crippen LogP contribution is -2.21. The first-order chi connectivity index (χ1) is 20.5. The standard InChI is InChI=1S/C33H25N7O2/c1-21-30(36-32(35-21)23-11-5-3-6-12-23)22(2)37-38-33(41)25(19-34)17-26-20-40(27-14-7-4-8-15-27)39-31(26)29-18-24-13-9-10-16-28(24)42-29/h3-18,20H,1-2H3,(H,35,36)(H,38,41)/b25-17-,37-22+. The van der Waals surface area contributed by atoms with Gasteiger partial charge >= 0.3 is 0 Å². The number of aromatic nitrogens is 4. The summed E-state index contributed by atoms with van der Waals surface area (Å²) in [5.74, 6) is 0.568. The maximum atomic E-state index is 13.1. The average molecular weight is 552 g/mol. The molecule has 0 saturated carbocycles. The largest absolute Gasteiger partial charge is 0.454 e. The molecule has 6 aromatic rings. The SMILES string of the molecule is C/C(=N\NC(=O)/C(C#N)=C\c1cn(-c2ccccc2)nc1-c1cc2ccccc2o1)c1nc(-c2ccccc2)[nH]c1C. The quantitative estimate of drug-likeness (QED) is 0.102. The first-order valence-corrected chi connectivity index (χ1v) is 13.2. The molecule has 0 bridgehead atoms. The molecule has 9 heteroatoms. The summed E-state index contributed by atoms with van der Waals surface area (Å²) in [5.41, 5.74) is 7.80. The molecular weight excluding hydrogens is 526 g/mol. The number of imidazole rings is 1. The van der Waals surface area contributed by atoms with Crippen molar-refractivity contribution in [3.63, 3.8) is 0 Å². The van der Waals surface area contributed by atoms with E-state index in [4.69, 9.17) is 9.52 Å². The van der Waals surface area contributed by atoms with Gasteiger partial charge in [-0.2, -0.15) is 15.5 Å². The van der Waals surface area contributed by atoms with Crippen LogP contribution in [0.1, 0.15) is 23.9 Å². The van der Waals surface area contributed by atoms with Crippen LogP contribution in [-0.2, 0) is 4.79 Å². The number of aromatic amines is 1. The van der Waals surface area contributed by atoms with Crippen molar-refractivity contribution >= 4 is 28.7 Å². The minimum atomic E-state index is -0.656. The zero-order valence-electron chi connectivity index (χ0n) is 22.9. The van der Waals surface area contributed by atoms with Crippen molar-refractivity contribution in [3.8, 4) is 34.6 Å². The van der Waals surface area contributed by atoms with Crippen molar-refractivity contribution in [1.29, 1.82) is 5.26 Å². The van der Waals surface area contributed by atoms with Crippen molar-refractivity contribution in [2.45, 2.75) is 13.8 Å². The van der Waals surface area contributed by atoms with Crippen LogP contribution in [0.5, 0.6) is 0 Å². The third-order valence-electron chi connectivity index (χ3n) is 6.69. The Morgan fingerprint density at radius 2 is 1.76 bits per heavy atom. The van der Waals surface area contributed by atoms with Crippen molar-refractivity contribution in [2.24, 2.45) is 5.10 Å². The first-order valence-electron chi connectivity index (χ1n) is 13.2. The van der Waals surface area contributed by atoms with Gasteiger partial charge in [-0.1, -0.05) is 66.7 Å². The third kappa shape index (κ3) is 5.24. The van der Waals surface area contributed by atoms with Crippen LogP contribution in [0.4, 0.5) is 0 Å². The van der Waals surface area contributed by atoms with E-state index in [9.17, 15) is 10.1 Å². The fourth-order valence-corrected chi connectivity index (χ4v) is 4.59. The van der Waals surface area contributed by atoms with Gasteiger partial charge in [-0.3, -0.25) is 4.79 Å². The van der Waals surface area contributed by atoms with Crippen LogP contribution >= 0.6 is 0 Å². The molecule has 2 N–H and O–H groups in total. The molecule has 6 rings (SSSR count). The molecule has 0 fully saturated rings. The predicted octanol–water partition coefficient (Wildman–Crippen LogP) is 6.43. The Bertz CT molecular complexity index is 1970. The van der Waals surface area contributed by atoms with Gasteiger partial charge in [0, 0.05) is 28.4 Å². The molecule has 0 spiro atoms. The Labute approximate surface area is 241 Å². The zero-order valence-corrected chi connectivity index (χ0v) is 22.9. The normalized spacial score (nSPS) is 11.9. The molecule has 42 heavy (non-hydrogen) atoms. The number of H-pyrrole nitrogens is 1. The maximum Gasteiger partial charge on any atom is 0.282 e. The topological polar surface area (TPSA) is 125 Å². The van der Waals surface area contributed by atoms with Gasteiger partial charge in [0.15, 0.2) is 5.76 Å². The van der Waals surface area contributed by atoms with Crippen LogP contribution in [0.25, 0.3) is 45.6 Å². The van der Waals surface area contributed by atoms with Crippen LogP contribution in [-0.4, -0.2) is 31.4 Å². The van der Waals surface area contributed by atoms with E-state index in [1.807, 2.05) is 104 Å². The molecule has 0 aliphatic heterocycles. The fraction of sp³-hybridized carbons (Fsp3) is 0.0606. The van der Waals surface area contributed by atoms with Crippen molar-refractivity contribution < 1.29 is 9.21 Å². The van der Waals surface area contributed by atoms with Gasteiger partial charge in [-0.15, -0.1) is 0 Å². The summed E-state index contributed by atoms with van der Waals surface area (Å²) in [4.78, 5) is 21.0. The van der Waals surface area contributed by atoms with E-state index in [-0.39, 0.29) is 5.57 Å². The smallest absolute Gasteiger partial charge is 0.282 e. The second-order valence-electron chi connectivity index (χ2n) is 9.59.